The van der Waals surface area contributed by atoms with Gasteiger partial charge in [-0.05, 0) is 103 Å². The van der Waals surface area contributed by atoms with Gasteiger partial charge >= 0.3 is 11.9 Å². The summed E-state index contributed by atoms with van der Waals surface area (Å²) in [4.78, 5) is 34.4. The molecule has 5 heterocycles. The van der Waals surface area contributed by atoms with Crippen LogP contribution in [0.15, 0.2) is 73.1 Å². The number of aromatic amines is 2. The number of fused-ring (bicyclic) bond motifs is 1. The third kappa shape index (κ3) is 10.9. The standard InChI is InChI=1S/C44H52N12O6/c1-25(2)16-35(43(57)58)33(41-49-53-54-50-41)19-27-9-13-39(47-23-27)61-31-12-11-29(22-45)30(21-31)17-26(3)18-36(44(59)60)34(42-51-55-56-52-42)20-28-10-14-40(48-24-28)62-38-8-4-7-37-32(38)6-5-15-46-37/h4,7-14,21,23-26,33-36,46H,5-6,15-20,22,45H2,1-3H3,(H,57,58)(H,59,60)(H,49,50,53,54)(H,51,52,55,56)/t26?,33-,34-,35-,36-/m0/s1. The molecule has 324 valence electrons. The van der Waals surface area contributed by atoms with Gasteiger partial charge in [0.05, 0.1) is 11.8 Å². The van der Waals surface area contributed by atoms with Crippen LogP contribution in [-0.4, -0.2) is 79.9 Å². The van der Waals surface area contributed by atoms with Crippen LogP contribution in [0.5, 0.6) is 23.3 Å². The van der Waals surface area contributed by atoms with Gasteiger partial charge in [0.15, 0.2) is 11.6 Å². The summed E-state index contributed by atoms with van der Waals surface area (Å²) in [6.07, 6.45) is 7.28. The summed E-state index contributed by atoms with van der Waals surface area (Å²) in [7, 11) is 0. The van der Waals surface area contributed by atoms with Crippen molar-refractivity contribution in [3.63, 3.8) is 0 Å². The quantitative estimate of drug-likeness (QED) is 0.0466. The second-order valence-corrected chi connectivity index (χ2v) is 16.4. The molecule has 0 saturated heterocycles. The first kappa shape index (κ1) is 43.3. The molecule has 0 fully saturated rings. The van der Waals surface area contributed by atoms with Crippen LogP contribution in [0.4, 0.5) is 5.69 Å². The van der Waals surface area contributed by atoms with E-state index in [-0.39, 0.29) is 18.4 Å². The Morgan fingerprint density at radius 2 is 1.39 bits per heavy atom. The van der Waals surface area contributed by atoms with E-state index in [0.717, 1.165) is 58.6 Å². The topological polar surface area (TPSA) is 266 Å². The van der Waals surface area contributed by atoms with Crippen LogP contribution in [0.3, 0.4) is 0 Å². The fraction of sp³-hybridized carbons (Fsp3) is 0.409. The van der Waals surface area contributed by atoms with Crippen LogP contribution in [-0.2, 0) is 41.8 Å². The molecule has 4 aromatic heterocycles. The Morgan fingerprint density at radius 1 is 0.758 bits per heavy atom. The van der Waals surface area contributed by atoms with E-state index >= 15 is 0 Å². The lowest BCUT2D eigenvalue weighted by Crippen LogP contribution is -2.27. The predicted molar refractivity (Wildman–Crippen MR) is 227 cm³/mol. The van der Waals surface area contributed by atoms with Crippen LogP contribution in [0.2, 0.25) is 0 Å². The number of carboxylic acid groups (broad SMARTS) is 2. The number of ether oxygens (including phenoxy) is 2. The third-order valence-corrected chi connectivity index (χ3v) is 11.3. The Balaban J connectivity index is 1.02. The molecule has 18 heteroatoms. The fourth-order valence-electron chi connectivity index (χ4n) is 8.31. The van der Waals surface area contributed by atoms with Crippen LogP contribution in [0, 0.1) is 23.7 Å². The average Bonchev–Trinajstić information content (AvgIpc) is 4.01. The maximum Gasteiger partial charge on any atom is 0.307 e. The minimum absolute atomic E-state index is 0.0962. The molecule has 1 unspecified atom stereocenters. The highest BCUT2D eigenvalue weighted by atomic mass is 16.5. The highest BCUT2D eigenvalue weighted by Gasteiger charge is 2.35. The number of rotatable bonds is 21. The van der Waals surface area contributed by atoms with Gasteiger partial charge in [0.2, 0.25) is 11.8 Å². The summed E-state index contributed by atoms with van der Waals surface area (Å²) >= 11 is 0. The molecular formula is C44H52N12O6. The number of aliphatic carboxylic acids is 2. The molecule has 6 aromatic rings. The number of aromatic nitrogens is 10. The summed E-state index contributed by atoms with van der Waals surface area (Å²) in [5.74, 6) is -1.73. The fourth-order valence-corrected chi connectivity index (χ4v) is 8.31. The van der Waals surface area contributed by atoms with Gasteiger partial charge in [-0.2, -0.15) is 10.4 Å². The van der Waals surface area contributed by atoms with Crippen molar-refractivity contribution in [2.75, 3.05) is 11.9 Å². The highest BCUT2D eigenvalue weighted by Crippen LogP contribution is 2.36. The molecule has 1 aliphatic heterocycles. The Kier molecular flexibility index (Phi) is 14.1. The van der Waals surface area contributed by atoms with E-state index in [9.17, 15) is 19.8 Å². The number of nitrogens with zero attached hydrogens (tertiary/aromatic N) is 8. The van der Waals surface area contributed by atoms with Crippen molar-refractivity contribution in [1.29, 1.82) is 0 Å². The molecule has 18 nitrogen and oxygen atoms in total. The number of H-pyrrole nitrogens is 2. The van der Waals surface area contributed by atoms with Crippen molar-refractivity contribution in [1.82, 2.24) is 51.2 Å². The second kappa shape index (κ2) is 20.2. The van der Waals surface area contributed by atoms with Crippen molar-refractivity contribution in [2.45, 2.75) is 84.1 Å². The Bertz CT molecular complexity index is 2380. The van der Waals surface area contributed by atoms with Gasteiger partial charge in [0.25, 0.3) is 0 Å². The number of hydrogen-bond acceptors (Lipinski definition) is 14. The van der Waals surface area contributed by atoms with Gasteiger partial charge in [-0.25, -0.2) is 9.97 Å². The SMILES string of the molecule is CC(C)C[C@H](C(=O)O)[C@H](Cc1ccc(Oc2ccc(CN)c(CC(C)C[C@H](C(=O)O)[C@H](Cc3ccc(Oc4cccc5c4CCCN5)nc3)c3nn[nH]n3)c2)nc1)c1nn[nH]n1. The van der Waals surface area contributed by atoms with E-state index in [0.29, 0.717) is 61.3 Å². The number of benzene rings is 2. The van der Waals surface area contributed by atoms with Crippen molar-refractivity contribution in [3.8, 4) is 23.3 Å². The zero-order chi connectivity index (χ0) is 43.6. The number of pyridine rings is 2. The molecule has 62 heavy (non-hydrogen) atoms. The molecule has 1 aliphatic rings. The van der Waals surface area contributed by atoms with E-state index in [4.69, 9.17) is 15.2 Å². The van der Waals surface area contributed by atoms with Crippen molar-refractivity contribution >= 4 is 17.6 Å². The Morgan fingerprint density at radius 3 is 1.94 bits per heavy atom. The summed E-state index contributed by atoms with van der Waals surface area (Å²) < 4.78 is 12.4. The normalized spacial score (nSPS) is 14.9. The lowest BCUT2D eigenvalue weighted by molar-refractivity contribution is -0.144. The molecule has 5 atom stereocenters. The van der Waals surface area contributed by atoms with Gasteiger partial charge in [-0.3, -0.25) is 9.59 Å². The Labute approximate surface area is 358 Å². The summed E-state index contributed by atoms with van der Waals surface area (Å²) in [6, 6.07) is 18.8. The molecule has 0 amide bonds. The average molecular weight is 845 g/mol. The number of carboxylic acids is 2. The number of anilines is 1. The number of nitrogens with two attached hydrogens (primary N) is 1. The first-order valence-electron chi connectivity index (χ1n) is 20.9. The highest BCUT2D eigenvalue weighted by molar-refractivity contribution is 5.72. The molecule has 0 bridgehead atoms. The van der Waals surface area contributed by atoms with Gasteiger partial charge in [0.1, 0.15) is 11.5 Å². The molecule has 0 spiro atoms. The lowest BCUT2D eigenvalue weighted by Gasteiger charge is -2.25. The number of hydrogen-bond donors (Lipinski definition) is 6. The Hall–Kier alpha value is -6.82. The number of tetrazole rings is 2. The third-order valence-electron chi connectivity index (χ3n) is 11.3. The van der Waals surface area contributed by atoms with E-state index in [1.807, 2.05) is 69.3 Å². The minimum atomic E-state index is -0.963. The zero-order valence-corrected chi connectivity index (χ0v) is 34.9. The molecular weight excluding hydrogens is 793 g/mol. The second-order valence-electron chi connectivity index (χ2n) is 16.4. The molecule has 0 radical (unpaired) electrons. The largest absolute Gasteiger partial charge is 0.481 e. The van der Waals surface area contributed by atoms with E-state index in [2.05, 4.69) is 56.5 Å². The van der Waals surface area contributed by atoms with Crippen LogP contribution in [0.1, 0.15) is 91.3 Å². The molecule has 0 aliphatic carbocycles. The molecule has 7 rings (SSSR count). The maximum absolute atomic E-state index is 13.0. The first-order chi connectivity index (χ1) is 30.0. The summed E-state index contributed by atoms with van der Waals surface area (Å²) in [5, 5.41) is 53.2. The van der Waals surface area contributed by atoms with E-state index < -0.39 is 35.6 Å². The molecule has 2 aromatic carbocycles. The summed E-state index contributed by atoms with van der Waals surface area (Å²) in [5.41, 5.74) is 11.8. The smallest absolute Gasteiger partial charge is 0.307 e. The minimum Gasteiger partial charge on any atom is -0.481 e. The summed E-state index contributed by atoms with van der Waals surface area (Å²) in [6.45, 7) is 7.19. The van der Waals surface area contributed by atoms with E-state index in [1.54, 1.807) is 24.5 Å². The van der Waals surface area contributed by atoms with Gasteiger partial charge in [-0.1, -0.05) is 55.5 Å². The van der Waals surface area contributed by atoms with Gasteiger partial charge < -0.3 is 30.7 Å². The van der Waals surface area contributed by atoms with Crippen molar-refractivity contribution in [3.05, 3.63) is 113 Å². The van der Waals surface area contributed by atoms with Gasteiger partial charge in [-0.15, -0.1) is 20.4 Å². The maximum atomic E-state index is 13.0. The van der Waals surface area contributed by atoms with Crippen molar-refractivity contribution in [2.24, 2.45) is 29.4 Å². The van der Waals surface area contributed by atoms with Crippen LogP contribution in [0.25, 0.3) is 0 Å². The zero-order valence-electron chi connectivity index (χ0n) is 34.9. The monoisotopic (exact) mass is 844 g/mol. The van der Waals surface area contributed by atoms with Crippen LogP contribution >= 0.6 is 0 Å². The van der Waals surface area contributed by atoms with E-state index in [1.165, 1.54) is 0 Å². The van der Waals surface area contributed by atoms with Crippen LogP contribution < -0.4 is 20.5 Å². The molecule has 7 N–H and O–H groups in total. The number of nitrogens with one attached hydrogen (secondary N) is 3. The first-order valence-corrected chi connectivity index (χ1v) is 20.9. The molecule has 0 saturated carbocycles. The van der Waals surface area contributed by atoms with Gasteiger partial charge in [0, 0.05) is 60.7 Å². The number of carbonyl (C=O) groups is 2. The lowest BCUT2D eigenvalue weighted by atomic mass is 9.79. The van der Waals surface area contributed by atoms with Crippen molar-refractivity contribution < 1.29 is 29.3 Å². The predicted octanol–water partition coefficient (Wildman–Crippen LogP) is 6.27.